The van der Waals surface area contributed by atoms with Crippen molar-refractivity contribution in [3.63, 3.8) is 0 Å². The van der Waals surface area contributed by atoms with Crippen LogP contribution in [-0.2, 0) is 4.74 Å². The number of ether oxygens (including phenoxy) is 1. The number of pyridine rings is 1. The molecule has 0 unspecified atom stereocenters. The number of aryl methyl sites for hydroxylation is 1. The number of methoxy groups -OCH3 is 1. The molecule has 6 nitrogen and oxygen atoms in total. The van der Waals surface area contributed by atoms with Crippen LogP contribution in [0, 0.1) is 6.92 Å². The highest BCUT2D eigenvalue weighted by Crippen LogP contribution is 2.30. The van der Waals surface area contributed by atoms with Gasteiger partial charge in [0.05, 0.1) is 11.8 Å². The average molecular weight is 288 g/mol. The smallest absolute Gasteiger partial charge is 0.252 e. The van der Waals surface area contributed by atoms with E-state index in [1.807, 2.05) is 6.92 Å². The van der Waals surface area contributed by atoms with Gasteiger partial charge in [-0.05, 0) is 38.7 Å². The Balaban J connectivity index is 2.09. The summed E-state index contributed by atoms with van der Waals surface area (Å²) in [5, 5.41) is 0.887. The molecule has 0 atom stereocenters. The predicted molar refractivity (Wildman–Crippen MR) is 81.2 cm³/mol. The summed E-state index contributed by atoms with van der Waals surface area (Å²) in [6, 6.07) is 3.53. The van der Waals surface area contributed by atoms with Gasteiger partial charge < -0.3 is 10.5 Å². The number of fused-ring (bicyclic) bond motifs is 1. The van der Waals surface area contributed by atoms with Gasteiger partial charge in [0.2, 0.25) is 5.95 Å². The largest absolute Gasteiger partial charge is 0.381 e. The van der Waals surface area contributed by atoms with Crippen LogP contribution in [0.25, 0.3) is 11.0 Å². The van der Waals surface area contributed by atoms with Crippen molar-refractivity contribution < 1.29 is 4.74 Å². The lowest BCUT2D eigenvalue weighted by Gasteiger charge is -2.29. The Labute approximate surface area is 123 Å². The first kappa shape index (κ1) is 14.0. The van der Waals surface area contributed by atoms with Gasteiger partial charge in [-0.3, -0.25) is 9.36 Å². The quantitative estimate of drug-likeness (QED) is 0.911. The van der Waals surface area contributed by atoms with E-state index < -0.39 is 0 Å². The van der Waals surface area contributed by atoms with Gasteiger partial charge in [0, 0.05) is 24.6 Å². The fourth-order valence-corrected chi connectivity index (χ4v) is 3.20. The summed E-state index contributed by atoms with van der Waals surface area (Å²) < 4.78 is 7.18. The third kappa shape index (κ3) is 2.51. The van der Waals surface area contributed by atoms with Crippen LogP contribution in [0.3, 0.4) is 0 Å². The molecular formula is C15H20N4O2. The number of rotatable bonds is 2. The Morgan fingerprint density at radius 3 is 2.62 bits per heavy atom. The summed E-state index contributed by atoms with van der Waals surface area (Å²) in [7, 11) is 1.74. The molecule has 2 N–H and O–H groups in total. The van der Waals surface area contributed by atoms with Crippen LogP contribution in [0.2, 0.25) is 0 Å². The number of nitrogen functional groups attached to an aromatic ring is 1. The minimum absolute atomic E-state index is 0.0270. The molecule has 0 bridgehead atoms. The number of aromatic nitrogens is 3. The molecule has 2 heterocycles. The number of hydrogen-bond donors (Lipinski definition) is 1. The molecule has 0 radical (unpaired) electrons. The molecule has 6 heteroatoms. The van der Waals surface area contributed by atoms with Crippen molar-refractivity contribution in [1.29, 1.82) is 0 Å². The van der Waals surface area contributed by atoms with Crippen LogP contribution in [-0.4, -0.2) is 27.7 Å². The van der Waals surface area contributed by atoms with Crippen molar-refractivity contribution in [2.45, 2.75) is 44.8 Å². The highest BCUT2D eigenvalue weighted by atomic mass is 16.5. The average Bonchev–Trinajstić information content (AvgIpc) is 2.47. The van der Waals surface area contributed by atoms with Crippen LogP contribution < -0.4 is 11.3 Å². The van der Waals surface area contributed by atoms with Crippen LogP contribution in [0.4, 0.5) is 5.95 Å². The van der Waals surface area contributed by atoms with Crippen LogP contribution in [0.15, 0.2) is 16.9 Å². The first-order valence-corrected chi connectivity index (χ1v) is 7.28. The van der Waals surface area contributed by atoms with E-state index in [9.17, 15) is 4.79 Å². The van der Waals surface area contributed by atoms with Crippen molar-refractivity contribution in [3.8, 4) is 0 Å². The Morgan fingerprint density at radius 2 is 1.95 bits per heavy atom. The molecule has 0 aliphatic heterocycles. The van der Waals surface area contributed by atoms with Crippen LogP contribution in [0.5, 0.6) is 0 Å². The number of nitrogens with zero attached hydrogens (tertiary/aromatic N) is 3. The standard InChI is InChI=1S/C15H20N4O2/c1-9-12-7-8-13(20)19(14(12)18-15(16)17-9)10-3-5-11(21-2)6-4-10/h7-8,10-11H,3-6H2,1-2H3,(H2,16,17,18)/t10-,11-. The van der Waals surface area contributed by atoms with Crippen LogP contribution >= 0.6 is 0 Å². The number of nitrogens with two attached hydrogens (primary N) is 1. The second-order valence-corrected chi connectivity index (χ2v) is 5.61. The Bertz CT molecular complexity index is 717. The van der Waals surface area contributed by atoms with Crippen molar-refractivity contribution >= 4 is 17.0 Å². The normalized spacial score (nSPS) is 22.6. The van der Waals surface area contributed by atoms with Crippen molar-refractivity contribution in [1.82, 2.24) is 14.5 Å². The first-order valence-electron chi connectivity index (χ1n) is 7.28. The maximum absolute atomic E-state index is 12.3. The molecule has 0 amide bonds. The van der Waals surface area contributed by atoms with Gasteiger partial charge in [-0.2, -0.15) is 4.98 Å². The zero-order valence-corrected chi connectivity index (χ0v) is 12.4. The van der Waals surface area contributed by atoms with Gasteiger partial charge in [-0.15, -0.1) is 0 Å². The first-order chi connectivity index (χ1) is 10.1. The maximum atomic E-state index is 12.3. The Hall–Kier alpha value is -1.95. The lowest BCUT2D eigenvalue weighted by atomic mass is 9.92. The molecule has 112 valence electrons. The molecule has 2 aromatic heterocycles. The van der Waals surface area contributed by atoms with Gasteiger partial charge in [-0.25, -0.2) is 4.98 Å². The summed E-state index contributed by atoms with van der Waals surface area (Å²) in [6.45, 7) is 1.89. The summed E-state index contributed by atoms with van der Waals surface area (Å²) in [6.07, 6.45) is 4.06. The molecule has 1 saturated carbocycles. The van der Waals surface area contributed by atoms with Gasteiger partial charge in [0.15, 0.2) is 0 Å². The number of hydrogen-bond acceptors (Lipinski definition) is 5. The van der Waals surface area contributed by atoms with Gasteiger partial charge >= 0.3 is 0 Å². The fraction of sp³-hybridized carbons (Fsp3) is 0.533. The SMILES string of the molecule is CO[C@H]1CC[C@H](n2c(=O)ccc3c(C)nc(N)nc32)CC1. The molecule has 2 aromatic rings. The van der Waals surface area contributed by atoms with E-state index in [4.69, 9.17) is 10.5 Å². The lowest BCUT2D eigenvalue weighted by molar-refractivity contribution is 0.0585. The third-order valence-electron chi connectivity index (χ3n) is 4.33. The van der Waals surface area contributed by atoms with E-state index in [-0.39, 0.29) is 17.5 Å². The molecular weight excluding hydrogens is 268 g/mol. The van der Waals surface area contributed by atoms with E-state index in [0.717, 1.165) is 36.8 Å². The summed E-state index contributed by atoms with van der Waals surface area (Å²) in [5.41, 5.74) is 7.18. The molecule has 1 fully saturated rings. The minimum Gasteiger partial charge on any atom is -0.381 e. The van der Waals surface area contributed by atoms with Gasteiger partial charge in [-0.1, -0.05) is 0 Å². The third-order valence-corrected chi connectivity index (χ3v) is 4.33. The molecule has 0 aromatic carbocycles. The van der Waals surface area contributed by atoms with Crippen molar-refractivity contribution in [2.75, 3.05) is 12.8 Å². The van der Waals surface area contributed by atoms with Crippen molar-refractivity contribution in [3.05, 3.63) is 28.2 Å². The Kier molecular flexibility index (Phi) is 3.63. The topological polar surface area (TPSA) is 83.0 Å². The highest BCUT2D eigenvalue weighted by molar-refractivity contribution is 5.78. The summed E-state index contributed by atoms with van der Waals surface area (Å²) in [4.78, 5) is 20.8. The fourth-order valence-electron chi connectivity index (χ4n) is 3.20. The van der Waals surface area contributed by atoms with E-state index >= 15 is 0 Å². The van der Waals surface area contributed by atoms with E-state index in [1.165, 1.54) is 0 Å². The highest BCUT2D eigenvalue weighted by Gasteiger charge is 2.24. The Morgan fingerprint density at radius 1 is 1.24 bits per heavy atom. The van der Waals surface area contributed by atoms with E-state index in [1.54, 1.807) is 23.8 Å². The van der Waals surface area contributed by atoms with Crippen LogP contribution in [0.1, 0.15) is 37.4 Å². The number of anilines is 1. The van der Waals surface area contributed by atoms with E-state index in [2.05, 4.69) is 9.97 Å². The molecule has 0 spiro atoms. The summed E-state index contributed by atoms with van der Waals surface area (Å²) in [5.74, 6) is 0.213. The van der Waals surface area contributed by atoms with Gasteiger partial charge in [0.1, 0.15) is 5.65 Å². The molecule has 21 heavy (non-hydrogen) atoms. The second kappa shape index (κ2) is 5.44. The zero-order chi connectivity index (χ0) is 15.0. The zero-order valence-electron chi connectivity index (χ0n) is 12.4. The monoisotopic (exact) mass is 288 g/mol. The predicted octanol–water partition coefficient (Wildman–Crippen LogP) is 1.81. The van der Waals surface area contributed by atoms with Gasteiger partial charge in [0.25, 0.3) is 5.56 Å². The molecule has 3 rings (SSSR count). The minimum atomic E-state index is -0.0270. The lowest BCUT2D eigenvalue weighted by Crippen LogP contribution is -2.30. The molecule has 0 saturated heterocycles. The summed E-state index contributed by atoms with van der Waals surface area (Å²) >= 11 is 0. The van der Waals surface area contributed by atoms with Crippen molar-refractivity contribution in [2.24, 2.45) is 0 Å². The molecule has 1 aliphatic carbocycles. The van der Waals surface area contributed by atoms with E-state index in [0.29, 0.717) is 11.8 Å². The maximum Gasteiger partial charge on any atom is 0.252 e. The molecule has 1 aliphatic rings. The second-order valence-electron chi connectivity index (χ2n) is 5.61.